The molecule has 0 amide bonds. The predicted molar refractivity (Wildman–Crippen MR) is 116 cm³/mol. The number of aromatic nitrogens is 8. The summed E-state index contributed by atoms with van der Waals surface area (Å²) in [6.07, 6.45) is -4.98. The van der Waals surface area contributed by atoms with Crippen molar-refractivity contribution < 1.29 is 27.8 Å². The van der Waals surface area contributed by atoms with E-state index in [-0.39, 0.29) is 29.0 Å². The molecular formula is C20H16ClF3N8O4. The van der Waals surface area contributed by atoms with Crippen molar-refractivity contribution in [2.75, 3.05) is 7.11 Å². The first-order valence-electron chi connectivity index (χ1n) is 10.1. The quantitative estimate of drug-likeness (QED) is 0.356. The molecule has 0 bridgehead atoms. The second kappa shape index (κ2) is 9.87. The van der Waals surface area contributed by atoms with Crippen LogP contribution >= 0.6 is 11.6 Å². The van der Waals surface area contributed by atoms with E-state index >= 15 is 0 Å². The molecule has 0 fully saturated rings. The SMILES string of the molecule is COC(=O)c1nc(Cn2nc(-c3ccc(Cl)cc3)n(C[C@H](O)C(F)(F)F)c2=O)nn1-c1ncccn1. The third kappa shape index (κ3) is 5.11. The summed E-state index contributed by atoms with van der Waals surface area (Å²) < 4.78 is 46.3. The van der Waals surface area contributed by atoms with Crippen LogP contribution in [0.25, 0.3) is 17.3 Å². The number of halogens is 4. The lowest BCUT2D eigenvalue weighted by atomic mass is 10.2. The van der Waals surface area contributed by atoms with Crippen LogP contribution in [0.3, 0.4) is 0 Å². The molecule has 1 N–H and O–H groups in total. The molecule has 0 spiro atoms. The molecule has 0 aliphatic carbocycles. The Balaban J connectivity index is 1.77. The lowest BCUT2D eigenvalue weighted by Gasteiger charge is -2.15. The van der Waals surface area contributed by atoms with Gasteiger partial charge in [-0.3, -0.25) is 4.57 Å². The molecule has 0 saturated heterocycles. The van der Waals surface area contributed by atoms with Crippen LogP contribution in [0.15, 0.2) is 47.5 Å². The fourth-order valence-corrected chi connectivity index (χ4v) is 3.24. The minimum atomic E-state index is -4.97. The minimum absolute atomic E-state index is 0.00956. The summed E-state index contributed by atoms with van der Waals surface area (Å²) in [5, 5.41) is 18.2. The van der Waals surface area contributed by atoms with E-state index in [1.165, 1.54) is 36.7 Å². The Labute approximate surface area is 204 Å². The van der Waals surface area contributed by atoms with Crippen LogP contribution in [0.4, 0.5) is 13.2 Å². The number of ether oxygens (including phenoxy) is 1. The van der Waals surface area contributed by atoms with Gasteiger partial charge in [-0.15, -0.1) is 10.2 Å². The minimum Gasteiger partial charge on any atom is -0.463 e. The largest absolute Gasteiger partial charge is 0.463 e. The summed E-state index contributed by atoms with van der Waals surface area (Å²) in [6.45, 7) is -1.54. The Morgan fingerprint density at radius 3 is 2.44 bits per heavy atom. The van der Waals surface area contributed by atoms with Crippen LogP contribution in [0.5, 0.6) is 0 Å². The van der Waals surface area contributed by atoms with E-state index in [4.69, 9.17) is 16.3 Å². The zero-order valence-electron chi connectivity index (χ0n) is 18.3. The zero-order valence-corrected chi connectivity index (χ0v) is 19.1. The van der Waals surface area contributed by atoms with E-state index in [0.29, 0.717) is 9.59 Å². The highest BCUT2D eigenvalue weighted by atomic mass is 35.5. The summed E-state index contributed by atoms with van der Waals surface area (Å²) in [4.78, 5) is 37.3. The van der Waals surface area contributed by atoms with E-state index in [2.05, 4.69) is 25.1 Å². The number of benzene rings is 1. The Bertz CT molecular complexity index is 1430. The van der Waals surface area contributed by atoms with Crippen molar-refractivity contribution in [1.29, 1.82) is 0 Å². The molecule has 0 saturated carbocycles. The standard InChI is InChI=1S/C20H16ClF3N8O4/c1-36-17(34)16-27-14(28-32(16)18-25-7-2-8-26-18)10-31-19(35)30(9-13(33)20(22,23)24)15(29-31)11-3-5-12(21)6-4-11/h2-8,13,33H,9-10H2,1H3/t13-/m0/s1. The van der Waals surface area contributed by atoms with Gasteiger partial charge in [-0.1, -0.05) is 11.6 Å². The Hall–Kier alpha value is -4.11. The average Bonchev–Trinajstić information content (AvgIpc) is 3.41. The number of carbonyl (C=O) groups is 1. The topological polar surface area (TPSA) is 143 Å². The van der Waals surface area contributed by atoms with Crippen molar-refractivity contribution in [3.63, 3.8) is 0 Å². The highest BCUT2D eigenvalue weighted by Crippen LogP contribution is 2.24. The molecule has 188 valence electrons. The number of hydrogen-bond donors (Lipinski definition) is 1. The molecule has 16 heteroatoms. The first-order valence-corrected chi connectivity index (χ1v) is 10.5. The molecule has 4 aromatic rings. The monoisotopic (exact) mass is 524 g/mol. The number of methoxy groups -OCH3 is 1. The first-order chi connectivity index (χ1) is 17.1. The van der Waals surface area contributed by atoms with Crippen molar-refractivity contribution in [2.45, 2.75) is 25.4 Å². The van der Waals surface area contributed by atoms with E-state index in [1.54, 1.807) is 6.07 Å². The number of hydrogen-bond acceptors (Lipinski definition) is 9. The van der Waals surface area contributed by atoms with Gasteiger partial charge in [0.1, 0.15) is 6.54 Å². The van der Waals surface area contributed by atoms with Crippen LogP contribution in [0.2, 0.25) is 5.02 Å². The molecule has 0 radical (unpaired) electrons. The van der Waals surface area contributed by atoms with Gasteiger partial charge in [0.05, 0.1) is 13.7 Å². The second-order valence-electron chi connectivity index (χ2n) is 7.24. The third-order valence-electron chi connectivity index (χ3n) is 4.81. The number of aliphatic hydroxyl groups excluding tert-OH is 1. The first kappa shape index (κ1) is 25.0. The Morgan fingerprint density at radius 1 is 1.17 bits per heavy atom. The molecule has 4 rings (SSSR count). The zero-order chi connectivity index (χ0) is 26.0. The maximum absolute atomic E-state index is 13.0. The summed E-state index contributed by atoms with van der Waals surface area (Å²) in [6, 6.07) is 7.40. The summed E-state index contributed by atoms with van der Waals surface area (Å²) in [5.41, 5.74) is -0.703. The van der Waals surface area contributed by atoms with Crippen LogP contribution in [0.1, 0.15) is 16.4 Å². The number of esters is 1. The third-order valence-corrected chi connectivity index (χ3v) is 5.06. The van der Waals surface area contributed by atoms with Crippen molar-refractivity contribution >= 4 is 17.6 Å². The van der Waals surface area contributed by atoms with Crippen LogP contribution in [0, 0.1) is 0 Å². The normalized spacial score (nSPS) is 12.5. The summed E-state index contributed by atoms with van der Waals surface area (Å²) in [7, 11) is 1.13. The molecule has 36 heavy (non-hydrogen) atoms. The van der Waals surface area contributed by atoms with Crippen molar-refractivity contribution in [2.24, 2.45) is 0 Å². The number of rotatable bonds is 7. The van der Waals surface area contributed by atoms with E-state index in [9.17, 15) is 27.9 Å². The van der Waals surface area contributed by atoms with E-state index in [1.807, 2.05) is 0 Å². The van der Waals surface area contributed by atoms with Crippen molar-refractivity contribution in [3.05, 3.63) is 69.9 Å². The Kier molecular flexibility index (Phi) is 6.85. The molecular weight excluding hydrogens is 509 g/mol. The smallest absolute Gasteiger partial charge is 0.416 e. The summed E-state index contributed by atoms with van der Waals surface area (Å²) >= 11 is 5.88. The fourth-order valence-electron chi connectivity index (χ4n) is 3.12. The van der Waals surface area contributed by atoms with Crippen LogP contribution < -0.4 is 5.69 Å². The maximum Gasteiger partial charge on any atom is 0.416 e. The van der Waals surface area contributed by atoms with Gasteiger partial charge in [0, 0.05) is 23.0 Å². The molecule has 0 unspecified atom stereocenters. The molecule has 1 aromatic carbocycles. The summed E-state index contributed by atoms with van der Waals surface area (Å²) in [5.74, 6) is -1.43. The van der Waals surface area contributed by atoms with E-state index in [0.717, 1.165) is 16.5 Å². The predicted octanol–water partition coefficient (Wildman–Crippen LogP) is 1.49. The van der Waals surface area contributed by atoms with Gasteiger partial charge in [0.25, 0.3) is 5.95 Å². The molecule has 0 aliphatic rings. The van der Waals surface area contributed by atoms with Crippen LogP contribution in [-0.4, -0.2) is 69.5 Å². The van der Waals surface area contributed by atoms with Crippen LogP contribution in [-0.2, 0) is 17.8 Å². The fraction of sp³-hybridized carbons (Fsp3) is 0.250. The number of aliphatic hydroxyl groups is 1. The lowest BCUT2D eigenvalue weighted by molar-refractivity contribution is -0.207. The average molecular weight is 525 g/mol. The van der Waals surface area contributed by atoms with Gasteiger partial charge in [-0.25, -0.2) is 29.2 Å². The highest BCUT2D eigenvalue weighted by molar-refractivity contribution is 6.30. The number of alkyl halides is 3. The number of carbonyl (C=O) groups excluding carboxylic acids is 1. The Morgan fingerprint density at radius 2 is 1.83 bits per heavy atom. The highest BCUT2D eigenvalue weighted by Gasteiger charge is 2.39. The van der Waals surface area contributed by atoms with Crippen molar-refractivity contribution in [1.82, 2.24) is 39.1 Å². The molecule has 1 atom stereocenters. The number of nitrogens with zero attached hydrogens (tertiary/aromatic N) is 8. The molecule has 3 heterocycles. The van der Waals surface area contributed by atoms with Gasteiger partial charge in [-0.2, -0.15) is 17.9 Å². The molecule has 3 aromatic heterocycles. The molecule has 0 aliphatic heterocycles. The van der Waals surface area contributed by atoms with Gasteiger partial charge >= 0.3 is 17.8 Å². The van der Waals surface area contributed by atoms with Gasteiger partial charge in [0.15, 0.2) is 17.8 Å². The van der Waals surface area contributed by atoms with Gasteiger partial charge < -0.3 is 9.84 Å². The molecule has 12 nitrogen and oxygen atoms in total. The second-order valence-corrected chi connectivity index (χ2v) is 7.68. The lowest BCUT2D eigenvalue weighted by Crippen LogP contribution is -2.37. The van der Waals surface area contributed by atoms with Gasteiger partial charge in [0.2, 0.25) is 5.82 Å². The van der Waals surface area contributed by atoms with Gasteiger partial charge in [-0.05, 0) is 30.3 Å². The van der Waals surface area contributed by atoms with E-state index < -0.39 is 37.0 Å². The van der Waals surface area contributed by atoms with Crippen molar-refractivity contribution in [3.8, 4) is 17.3 Å². The maximum atomic E-state index is 13.0.